The van der Waals surface area contributed by atoms with Crippen molar-refractivity contribution in [1.29, 1.82) is 0 Å². The SMILES string of the molecule is CCOC(=O)[C@@H]1CCCN(CC(C)=Cc2ccccc2)C1. The molecule has 0 amide bonds. The molecule has 1 saturated heterocycles. The molecule has 0 N–H and O–H groups in total. The predicted octanol–water partition coefficient (Wildman–Crippen LogP) is 3.37. The van der Waals surface area contributed by atoms with Gasteiger partial charge in [0.2, 0.25) is 0 Å². The lowest BCUT2D eigenvalue weighted by Crippen LogP contribution is -2.40. The van der Waals surface area contributed by atoms with Crippen molar-refractivity contribution in [2.45, 2.75) is 26.7 Å². The molecule has 1 aliphatic heterocycles. The molecule has 1 atom stereocenters. The average Bonchev–Trinajstić information content (AvgIpc) is 2.48. The molecule has 1 heterocycles. The Balaban J connectivity index is 1.90. The number of benzene rings is 1. The maximum Gasteiger partial charge on any atom is 0.310 e. The first-order valence-electron chi connectivity index (χ1n) is 7.80. The van der Waals surface area contributed by atoms with Gasteiger partial charge in [-0.3, -0.25) is 9.69 Å². The highest BCUT2D eigenvalue weighted by atomic mass is 16.5. The second-order valence-corrected chi connectivity index (χ2v) is 5.73. The van der Waals surface area contributed by atoms with Crippen LogP contribution in [-0.4, -0.2) is 37.1 Å². The standard InChI is InChI=1S/C18H25NO2/c1-3-21-18(20)17-10-7-11-19(14-17)13-15(2)12-16-8-5-4-6-9-16/h4-6,8-9,12,17H,3,7,10-11,13-14H2,1-2H3/t17-/m1/s1. The number of carbonyl (C=O) groups excluding carboxylic acids is 1. The summed E-state index contributed by atoms with van der Waals surface area (Å²) in [6.45, 7) is 7.30. The molecular formula is C18H25NO2. The van der Waals surface area contributed by atoms with E-state index in [1.807, 2.05) is 13.0 Å². The Labute approximate surface area is 127 Å². The summed E-state index contributed by atoms with van der Waals surface area (Å²) in [5.41, 5.74) is 2.56. The van der Waals surface area contributed by atoms with Crippen molar-refractivity contribution in [3.63, 3.8) is 0 Å². The number of ether oxygens (including phenoxy) is 1. The maximum atomic E-state index is 11.9. The Morgan fingerprint density at radius 3 is 2.86 bits per heavy atom. The van der Waals surface area contributed by atoms with Crippen LogP contribution < -0.4 is 0 Å². The average molecular weight is 287 g/mol. The summed E-state index contributed by atoms with van der Waals surface area (Å²) >= 11 is 0. The lowest BCUT2D eigenvalue weighted by atomic mass is 9.97. The van der Waals surface area contributed by atoms with E-state index in [4.69, 9.17) is 4.74 Å². The highest BCUT2D eigenvalue weighted by molar-refractivity contribution is 5.72. The minimum atomic E-state index is -0.0353. The molecule has 1 aromatic carbocycles. The highest BCUT2D eigenvalue weighted by Crippen LogP contribution is 2.19. The number of rotatable bonds is 5. The number of piperidine rings is 1. The zero-order valence-electron chi connectivity index (χ0n) is 13.0. The molecule has 0 saturated carbocycles. The van der Waals surface area contributed by atoms with Crippen molar-refractivity contribution < 1.29 is 9.53 Å². The predicted molar refractivity (Wildman–Crippen MR) is 85.9 cm³/mol. The van der Waals surface area contributed by atoms with Gasteiger partial charge >= 0.3 is 5.97 Å². The number of nitrogens with zero attached hydrogens (tertiary/aromatic N) is 1. The molecule has 0 aliphatic carbocycles. The smallest absolute Gasteiger partial charge is 0.310 e. The first-order chi connectivity index (χ1) is 10.2. The first-order valence-corrected chi connectivity index (χ1v) is 7.80. The van der Waals surface area contributed by atoms with E-state index in [1.54, 1.807) is 0 Å². The van der Waals surface area contributed by atoms with Gasteiger partial charge < -0.3 is 4.74 Å². The van der Waals surface area contributed by atoms with E-state index in [0.717, 1.165) is 32.5 Å². The topological polar surface area (TPSA) is 29.5 Å². The maximum absolute atomic E-state index is 11.9. The van der Waals surface area contributed by atoms with E-state index in [9.17, 15) is 4.79 Å². The van der Waals surface area contributed by atoms with Gasteiger partial charge in [-0.1, -0.05) is 42.0 Å². The Hall–Kier alpha value is -1.61. The Bertz CT molecular complexity index is 481. The second kappa shape index (κ2) is 7.99. The lowest BCUT2D eigenvalue weighted by Gasteiger charge is -2.31. The van der Waals surface area contributed by atoms with Crippen LogP contribution in [0.5, 0.6) is 0 Å². The van der Waals surface area contributed by atoms with Crippen molar-refractivity contribution in [3.05, 3.63) is 41.5 Å². The third-order valence-electron chi connectivity index (χ3n) is 3.81. The lowest BCUT2D eigenvalue weighted by molar-refractivity contribution is -0.149. The fourth-order valence-electron chi connectivity index (χ4n) is 2.88. The van der Waals surface area contributed by atoms with Crippen LogP contribution in [0.3, 0.4) is 0 Å². The molecule has 1 aromatic rings. The summed E-state index contributed by atoms with van der Waals surface area (Å²) in [5, 5.41) is 0. The zero-order chi connectivity index (χ0) is 15.1. The van der Waals surface area contributed by atoms with Gasteiger partial charge in [-0.25, -0.2) is 0 Å². The van der Waals surface area contributed by atoms with Crippen molar-refractivity contribution in [1.82, 2.24) is 4.90 Å². The van der Waals surface area contributed by atoms with E-state index in [-0.39, 0.29) is 11.9 Å². The summed E-state index contributed by atoms with van der Waals surface area (Å²) in [7, 11) is 0. The van der Waals surface area contributed by atoms with Crippen molar-refractivity contribution in [3.8, 4) is 0 Å². The number of hydrogen-bond donors (Lipinski definition) is 0. The number of esters is 1. The van der Waals surface area contributed by atoms with Gasteiger partial charge in [-0.2, -0.15) is 0 Å². The largest absolute Gasteiger partial charge is 0.466 e. The van der Waals surface area contributed by atoms with Crippen LogP contribution in [0.2, 0.25) is 0 Å². The van der Waals surface area contributed by atoms with Gasteiger partial charge in [0.15, 0.2) is 0 Å². The minimum Gasteiger partial charge on any atom is -0.466 e. The van der Waals surface area contributed by atoms with Gasteiger partial charge in [-0.15, -0.1) is 0 Å². The molecule has 2 rings (SSSR count). The van der Waals surface area contributed by atoms with Crippen LogP contribution in [0.25, 0.3) is 6.08 Å². The summed E-state index contributed by atoms with van der Waals surface area (Å²) in [6.07, 6.45) is 4.24. The first kappa shape index (κ1) is 15.8. The molecule has 0 spiro atoms. The van der Waals surface area contributed by atoms with E-state index in [2.05, 4.69) is 42.2 Å². The summed E-state index contributed by atoms with van der Waals surface area (Å²) in [5.74, 6) is 0.00937. The van der Waals surface area contributed by atoms with Gasteiger partial charge in [0, 0.05) is 13.1 Å². The third-order valence-corrected chi connectivity index (χ3v) is 3.81. The Morgan fingerprint density at radius 1 is 1.38 bits per heavy atom. The molecule has 1 fully saturated rings. The summed E-state index contributed by atoms with van der Waals surface area (Å²) in [4.78, 5) is 14.2. The molecule has 3 nitrogen and oxygen atoms in total. The molecule has 0 bridgehead atoms. The zero-order valence-corrected chi connectivity index (χ0v) is 13.0. The Kier molecular flexibility index (Phi) is 6.00. The Morgan fingerprint density at radius 2 is 2.14 bits per heavy atom. The molecule has 1 aliphatic rings. The highest BCUT2D eigenvalue weighted by Gasteiger charge is 2.26. The second-order valence-electron chi connectivity index (χ2n) is 5.73. The van der Waals surface area contributed by atoms with Crippen LogP contribution in [0, 0.1) is 5.92 Å². The fourth-order valence-corrected chi connectivity index (χ4v) is 2.88. The quantitative estimate of drug-likeness (QED) is 0.778. The molecule has 0 unspecified atom stereocenters. The monoisotopic (exact) mass is 287 g/mol. The van der Waals surface area contributed by atoms with Gasteiger partial charge in [0.1, 0.15) is 0 Å². The normalized spacial score (nSPS) is 20.3. The molecule has 21 heavy (non-hydrogen) atoms. The van der Waals surface area contributed by atoms with Gasteiger partial charge in [0.05, 0.1) is 12.5 Å². The molecule has 114 valence electrons. The van der Waals surface area contributed by atoms with Crippen LogP contribution in [0.15, 0.2) is 35.9 Å². The van der Waals surface area contributed by atoms with Crippen LogP contribution >= 0.6 is 0 Å². The number of carbonyl (C=O) groups is 1. The van der Waals surface area contributed by atoms with Crippen LogP contribution in [-0.2, 0) is 9.53 Å². The van der Waals surface area contributed by atoms with E-state index in [0.29, 0.717) is 6.61 Å². The minimum absolute atomic E-state index is 0.0353. The van der Waals surface area contributed by atoms with E-state index in [1.165, 1.54) is 11.1 Å². The van der Waals surface area contributed by atoms with E-state index < -0.39 is 0 Å². The summed E-state index contributed by atoms with van der Waals surface area (Å²) in [6, 6.07) is 10.4. The van der Waals surface area contributed by atoms with Crippen molar-refractivity contribution in [2.24, 2.45) is 5.92 Å². The molecular weight excluding hydrogens is 262 g/mol. The number of hydrogen-bond acceptors (Lipinski definition) is 3. The van der Waals surface area contributed by atoms with E-state index >= 15 is 0 Å². The van der Waals surface area contributed by atoms with Crippen molar-refractivity contribution >= 4 is 12.0 Å². The van der Waals surface area contributed by atoms with Crippen LogP contribution in [0.4, 0.5) is 0 Å². The third kappa shape index (κ3) is 5.01. The number of likely N-dealkylation sites (tertiary alicyclic amines) is 1. The summed E-state index contributed by atoms with van der Waals surface area (Å²) < 4.78 is 5.15. The van der Waals surface area contributed by atoms with Crippen LogP contribution in [0.1, 0.15) is 32.3 Å². The van der Waals surface area contributed by atoms with Crippen molar-refractivity contribution in [2.75, 3.05) is 26.2 Å². The van der Waals surface area contributed by atoms with Gasteiger partial charge in [0.25, 0.3) is 0 Å². The molecule has 0 aromatic heterocycles. The van der Waals surface area contributed by atoms with Gasteiger partial charge in [-0.05, 0) is 38.8 Å². The fraction of sp³-hybridized carbons (Fsp3) is 0.500. The molecule has 0 radical (unpaired) electrons. The molecule has 3 heteroatoms.